The molecule has 0 aliphatic rings. The van der Waals surface area contributed by atoms with Crippen LogP contribution in [0.1, 0.15) is 28.4 Å². The van der Waals surface area contributed by atoms with Crippen LogP contribution in [0.5, 0.6) is 0 Å². The van der Waals surface area contributed by atoms with Crippen LogP contribution in [0, 0.1) is 12.7 Å². The molecule has 0 aliphatic heterocycles. The summed E-state index contributed by atoms with van der Waals surface area (Å²) in [5.74, 6) is -1.82. The van der Waals surface area contributed by atoms with E-state index in [1.165, 1.54) is 23.9 Å². The van der Waals surface area contributed by atoms with Crippen molar-refractivity contribution in [3.05, 3.63) is 130 Å². The molecule has 208 valence electrons. The maximum Gasteiger partial charge on any atom is 0.272 e. The Morgan fingerprint density at radius 3 is 2.37 bits per heavy atom. The average molecular weight is 633 g/mol. The molecule has 0 spiro atoms. The van der Waals surface area contributed by atoms with Crippen molar-refractivity contribution >= 4 is 62.9 Å². The number of thioether (sulfide) groups is 1. The van der Waals surface area contributed by atoms with Gasteiger partial charge in [-0.05, 0) is 74.0 Å². The zero-order chi connectivity index (χ0) is 29.4. The molecule has 0 heterocycles. The standard InChI is InChI=1S/C32H27BrFN3O3S/c1-20-8-6-9-22(16-20)17-29(37-31(39)23-10-4-3-5-11-23)32(40)35-25-12-7-13-26(19-25)41-21(2)30(38)36-28-15-14-24(33)18-27(28)34/h3-19,21H,1-2H3,(H,35,40)(H,36,38)(H,37,39)/b29-17+. The third-order valence-electron chi connectivity index (χ3n) is 5.84. The average Bonchev–Trinajstić information content (AvgIpc) is 2.94. The topological polar surface area (TPSA) is 87.3 Å². The van der Waals surface area contributed by atoms with Crippen molar-refractivity contribution in [2.75, 3.05) is 10.6 Å². The van der Waals surface area contributed by atoms with Gasteiger partial charge in [-0.1, -0.05) is 70.0 Å². The van der Waals surface area contributed by atoms with E-state index in [1.807, 2.05) is 43.3 Å². The molecule has 0 radical (unpaired) electrons. The van der Waals surface area contributed by atoms with Gasteiger partial charge in [0, 0.05) is 20.6 Å². The van der Waals surface area contributed by atoms with Gasteiger partial charge in [-0.3, -0.25) is 14.4 Å². The van der Waals surface area contributed by atoms with Gasteiger partial charge in [0.1, 0.15) is 11.5 Å². The van der Waals surface area contributed by atoms with Crippen LogP contribution < -0.4 is 16.0 Å². The number of halogens is 2. The highest BCUT2D eigenvalue weighted by molar-refractivity contribution is 9.10. The number of hydrogen-bond acceptors (Lipinski definition) is 4. The lowest BCUT2D eigenvalue weighted by molar-refractivity contribution is -0.115. The molecular formula is C32H27BrFN3O3S. The first-order valence-corrected chi connectivity index (χ1v) is 14.3. The van der Waals surface area contributed by atoms with E-state index in [-0.39, 0.29) is 17.3 Å². The van der Waals surface area contributed by atoms with Crippen LogP contribution in [0.25, 0.3) is 6.08 Å². The number of carbonyl (C=O) groups is 3. The Hall–Kier alpha value is -4.21. The van der Waals surface area contributed by atoms with Crippen molar-refractivity contribution in [1.82, 2.24) is 5.32 Å². The predicted molar refractivity (Wildman–Crippen MR) is 166 cm³/mol. The summed E-state index contributed by atoms with van der Waals surface area (Å²) in [4.78, 5) is 39.7. The number of anilines is 2. The van der Waals surface area contributed by atoms with Crippen LogP contribution in [0.15, 0.2) is 112 Å². The molecule has 4 rings (SSSR count). The highest BCUT2D eigenvalue weighted by Crippen LogP contribution is 2.28. The minimum absolute atomic E-state index is 0.0757. The normalized spacial score (nSPS) is 11.9. The Morgan fingerprint density at radius 2 is 1.63 bits per heavy atom. The van der Waals surface area contributed by atoms with Crippen molar-refractivity contribution in [1.29, 1.82) is 0 Å². The number of hydrogen-bond donors (Lipinski definition) is 3. The number of carbonyl (C=O) groups excluding carboxylic acids is 3. The number of rotatable bonds is 9. The van der Waals surface area contributed by atoms with Gasteiger partial charge in [0.15, 0.2) is 0 Å². The van der Waals surface area contributed by atoms with E-state index in [4.69, 9.17) is 0 Å². The summed E-state index contributed by atoms with van der Waals surface area (Å²) in [6.45, 7) is 3.66. The molecule has 0 aliphatic carbocycles. The molecule has 1 atom stereocenters. The monoisotopic (exact) mass is 631 g/mol. The van der Waals surface area contributed by atoms with Crippen molar-refractivity contribution in [3.8, 4) is 0 Å². The van der Waals surface area contributed by atoms with Gasteiger partial charge in [0.2, 0.25) is 5.91 Å². The van der Waals surface area contributed by atoms with E-state index in [2.05, 4.69) is 31.9 Å². The van der Waals surface area contributed by atoms with Gasteiger partial charge in [-0.2, -0.15) is 0 Å². The maximum atomic E-state index is 14.2. The highest BCUT2D eigenvalue weighted by Gasteiger charge is 2.18. The first-order valence-electron chi connectivity index (χ1n) is 12.7. The van der Waals surface area contributed by atoms with Crippen LogP contribution in [-0.4, -0.2) is 23.0 Å². The Kier molecular flexibility index (Phi) is 10.1. The fraction of sp³-hybridized carbons (Fsp3) is 0.0938. The summed E-state index contributed by atoms with van der Waals surface area (Å²) in [5.41, 5.74) is 2.84. The smallest absolute Gasteiger partial charge is 0.272 e. The third kappa shape index (κ3) is 8.64. The summed E-state index contributed by atoms with van der Waals surface area (Å²) in [5, 5.41) is 7.63. The Labute approximate surface area is 250 Å². The molecule has 3 amide bonds. The van der Waals surface area contributed by atoms with E-state index >= 15 is 0 Å². The Balaban J connectivity index is 1.48. The second-order valence-electron chi connectivity index (χ2n) is 9.15. The highest BCUT2D eigenvalue weighted by atomic mass is 79.9. The summed E-state index contributed by atoms with van der Waals surface area (Å²) >= 11 is 4.46. The van der Waals surface area contributed by atoms with Crippen molar-refractivity contribution in [2.24, 2.45) is 0 Å². The molecule has 3 N–H and O–H groups in total. The summed E-state index contributed by atoms with van der Waals surface area (Å²) < 4.78 is 14.7. The lowest BCUT2D eigenvalue weighted by atomic mass is 10.1. The summed E-state index contributed by atoms with van der Waals surface area (Å²) in [7, 11) is 0. The van der Waals surface area contributed by atoms with E-state index < -0.39 is 22.9 Å². The van der Waals surface area contributed by atoms with Gasteiger partial charge in [-0.25, -0.2) is 4.39 Å². The van der Waals surface area contributed by atoms with E-state index in [1.54, 1.807) is 61.5 Å². The van der Waals surface area contributed by atoms with Gasteiger partial charge in [-0.15, -0.1) is 11.8 Å². The number of nitrogens with one attached hydrogen (secondary N) is 3. The molecule has 0 saturated heterocycles. The number of benzene rings is 4. The van der Waals surface area contributed by atoms with Crippen molar-refractivity contribution in [2.45, 2.75) is 24.0 Å². The predicted octanol–water partition coefficient (Wildman–Crippen LogP) is 7.43. The van der Waals surface area contributed by atoms with Crippen LogP contribution in [0.2, 0.25) is 0 Å². The van der Waals surface area contributed by atoms with Gasteiger partial charge in [0.05, 0.1) is 10.9 Å². The quantitative estimate of drug-likeness (QED) is 0.132. The maximum absolute atomic E-state index is 14.2. The van der Waals surface area contributed by atoms with Crippen LogP contribution >= 0.6 is 27.7 Å². The van der Waals surface area contributed by atoms with E-state index in [0.29, 0.717) is 15.7 Å². The molecule has 0 fully saturated rings. The molecule has 0 aromatic heterocycles. The van der Waals surface area contributed by atoms with E-state index in [0.717, 1.165) is 16.0 Å². The fourth-order valence-electron chi connectivity index (χ4n) is 3.80. The van der Waals surface area contributed by atoms with Crippen molar-refractivity contribution in [3.63, 3.8) is 0 Å². The molecule has 4 aromatic rings. The van der Waals surface area contributed by atoms with Crippen molar-refractivity contribution < 1.29 is 18.8 Å². The lowest BCUT2D eigenvalue weighted by Gasteiger charge is -2.14. The minimum atomic E-state index is -0.550. The molecule has 4 aromatic carbocycles. The minimum Gasteiger partial charge on any atom is -0.323 e. The molecule has 1 unspecified atom stereocenters. The molecule has 0 bridgehead atoms. The summed E-state index contributed by atoms with van der Waals surface area (Å²) in [6, 6.07) is 27.6. The first-order chi connectivity index (χ1) is 19.7. The Morgan fingerprint density at radius 1 is 0.878 bits per heavy atom. The SMILES string of the molecule is Cc1cccc(/C=C(/NC(=O)c2ccccc2)C(=O)Nc2cccc(SC(C)C(=O)Nc3ccc(Br)cc3F)c2)c1. The van der Waals surface area contributed by atoms with Gasteiger partial charge >= 0.3 is 0 Å². The van der Waals surface area contributed by atoms with Crippen LogP contribution in [-0.2, 0) is 9.59 Å². The van der Waals surface area contributed by atoms with E-state index in [9.17, 15) is 18.8 Å². The van der Waals surface area contributed by atoms with Gasteiger partial charge in [0.25, 0.3) is 11.8 Å². The molecule has 0 saturated carbocycles. The fourth-order valence-corrected chi connectivity index (χ4v) is 5.06. The zero-order valence-corrected chi connectivity index (χ0v) is 24.7. The first kappa shape index (κ1) is 29.8. The second-order valence-corrected chi connectivity index (χ2v) is 11.5. The number of aryl methyl sites for hydroxylation is 1. The number of amides is 3. The Bertz CT molecular complexity index is 1610. The molecule has 6 nitrogen and oxygen atoms in total. The molecular weight excluding hydrogens is 605 g/mol. The van der Waals surface area contributed by atoms with Crippen LogP contribution in [0.4, 0.5) is 15.8 Å². The summed E-state index contributed by atoms with van der Waals surface area (Å²) in [6.07, 6.45) is 1.62. The van der Waals surface area contributed by atoms with Gasteiger partial charge < -0.3 is 16.0 Å². The zero-order valence-electron chi connectivity index (χ0n) is 22.3. The lowest BCUT2D eigenvalue weighted by Crippen LogP contribution is -2.30. The second kappa shape index (κ2) is 13.9. The largest absolute Gasteiger partial charge is 0.323 e. The third-order valence-corrected chi connectivity index (χ3v) is 7.43. The van der Waals surface area contributed by atoms with Crippen LogP contribution in [0.3, 0.4) is 0 Å². The molecule has 41 heavy (non-hydrogen) atoms. The molecule has 9 heteroatoms.